The Labute approximate surface area is 367 Å². The van der Waals surface area contributed by atoms with E-state index in [1.807, 2.05) is 36.4 Å². The molecule has 4 heterocycles. The Morgan fingerprint density at radius 2 is 0.797 bits per heavy atom. The van der Waals surface area contributed by atoms with Crippen molar-refractivity contribution in [2.24, 2.45) is 0 Å². The Morgan fingerprint density at radius 1 is 0.281 bits per heavy atom. The van der Waals surface area contributed by atoms with Gasteiger partial charge in [0.2, 0.25) is 5.95 Å². The first kappa shape index (κ1) is 35.0. The zero-order valence-electron chi connectivity index (χ0n) is 34.4. The van der Waals surface area contributed by atoms with Crippen LogP contribution < -0.4 is 0 Å². The maximum atomic E-state index is 5.29. The molecule has 0 fully saturated rings. The van der Waals surface area contributed by atoms with Gasteiger partial charge in [0.1, 0.15) is 0 Å². The summed E-state index contributed by atoms with van der Waals surface area (Å²) in [7, 11) is 0. The van der Waals surface area contributed by atoms with E-state index in [2.05, 4.69) is 185 Å². The molecule has 0 N–H and O–H groups in total. The highest BCUT2D eigenvalue weighted by atomic mass is 15.2. The van der Waals surface area contributed by atoms with Crippen LogP contribution in [0.5, 0.6) is 0 Å². The summed E-state index contributed by atoms with van der Waals surface area (Å²) in [5.41, 5.74) is 12.4. The molecule has 0 bridgehead atoms. The Bertz CT molecular complexity index is 4030. The van der Waals surface area contributed by atoms with Gasteiger partial charge < -0.3 is 4.40 Å². The summed E-state index contributed by atoms with van der Waals surface area (Å²) in [6.45, 7) is 0. The summed E-state index contributed by atoms with van der Waals surface area (Å²) in [6, 6.07) is 76.3. The lowest BCUT2D eigenvalue weighted by Crippen LogP contribution is -2.06. The number of rotatable bonds is 5. The van der Waals surface area contributed by atoms with Gasteiger partial charge in [0, 0.05) is 43.4 Å². The van der Waals surface area contributed by atoms with Crippen LogP contribution in [0.25, 0.3) is 132 Å². The van der Waals surface area contributed by atoms with Crippen LogP contribution in [0.15, 0.2) is 212 Å². The van der Waals surface area contributed by atoms with Crippen LogP contribution in [-0.4, -0.2) is 23.9 Å². The van der Waals surface area contributed by atoms with Crippen molar-refractivity contribution < 1.29 is 0 Å². The van der Waals surface area contributed by atoms with E-state index >= 15 is 0 Å². The van der Waals surface area contributed by atoms with Gasteiger partial charge in [-0.2, -0.15) is 9.97 Å². The van der Waals surface area contributed by atoms with E-state index in [9.17, 15) is 0 Å². The first-order valence-corrected chi connectivity index (χ1v) is 21.8. The third kappa shape index (κ3) is 5.09. The Kier molecular flexibility index (Phi) is 7.33. The van der Waals surface area contributed by atoms with Crippen molar-refractivity contribution in [3.05, 3.63) is 212 Å². The van der Waals surface area contributed by atoms with E-state index in [4.69, 9.17) is 15.0 Å². The number of fused-ring (bicyclic) bond motifs is 12. The van der Waals surface area contributed by atoms with Crippen LogP contribution >= 0.6 is 0 Å². The fraction of sp³-hybridized carbons (Fsp3) is 0. The first-order valence-electron chi connectivity index (χ1n) is 21.8. The van der Waals surface area contributed by atoms with Crippen LogP contribution in [0.1, 0.15) is 0 Å². The number of para-hydroxylation sites is 2. The Hall–Kier alpha value is -8.67. The van der Waals surface area contributed by atoms with Crippen molar-refractivity contribution in [1.82, 2.24) is 23.9 Å². The highest BCUT2D eigenvalue weighted by Crippen LogP contribution is 2.44. The predicted molar refractivity (Wildman–Crippen MR) is 266 cm³/mol. The van der Waals surface area contributed by atoms with Crippen LogP contribution in [0.3, 0.4) is 0 Å². The zero-order chi connectivity index (χ0) is 41.9. The van der Waals surface area contributed by atoms with Crippen molar-refractivity contribution in [3.63, 3.8) is 0 Å². The van der Waals surface area contributed by atoms with Gasteiger partial charge in [0.25, 0.3) is 0 Å². The number of hydrogen-bond acceptors (Lipinski definition) is 3. The Morgan fingerprint density at radius 3 is 1.42 bits per heavy atom. The third-order valence-electron chi connectivity index (χ3n) is 13.3. The van der Waals surface area contributed by atoms with Crippen molar-refractivity contribution >= 4 is 81.4 Å². The summed E-state index contributed by atoms with van der Waals surface area (Å²) in [4.78, 5) is 15.7. The van der Waals surface area contributed by atoms with Gasteiger partial charge in [0.15, 0.2) is 11.6 Å². The maximum Gasteiger partial charge on any atom is 0.238 e. The van der Waals surface area contributed by atoms with E-state index in [-0.39, 0.29) is 0 Å². The number of hydrogen-bond donors (Lipinski definition) is 0. The van der Waals surface area contributed by atoms with E-state index < -0.39 is 0 Å². The fourth-order valence-electron chi connectivity index (χ4n) is 10.4. The monoisotopic (exact) mass is 813 g/mol. The average Bonchev–Trinajstić information content (AvgIpc) is 4.00. The number of benzene rings is 10. The molecule has 0 aliphatic heterocycles. The summed E-state index contributed by atoms with van der Waals surface area (Å²) in [5.74, 6) is 1.82. The molecule has 0 amide bonds. The van der Waals surface area contributed by atoms with Crippen LogP contribution in [-0.2, 0) is 0 Å². The summed E-state index contributed by atoms with van der Waals surface area (Å²) in [6.07, 6.45) is 0. The van der Waals surface area contributed by atoms with E-state index in [0.717, 1.165) is 43.9 Å². The molecule has 0 atom stereocenters. The smallest absolute Gasteiger partial charge is 0.238 e. The van der Waals surface area contributed by atoms with Gasteiger partial charge in [-0.05, 0) is 98.4 Å². The molecule has 14 rings (SSSR count). The molecule has 5 heteroatoms. The predicted octanol–water partition coefficient (Wildman–Crippen LogP) is 15.1. The maximum absolute atomic E-state index is 5.29. The van der Waals surface area contributed by atoms with Crippen molar-refractivity contribution in [3.8, 4) is 51.0 Å². The van der Waals surface area contributed by atoms with Gasteiger partial charge in [-0.25, -0.2) is 4.98 Å². The molecule has 0 aliphatic carbocycles. The topological polar surface area (TPSA) is 48.0 Å². The molecule has 4 aromatic heterocycles. The lowest BCUT2D eigenvalue weighted by Gasteiger charge is -2.13. The van der Waals surface area contributed by atoms with Crippen LogP contribution in [0.2, 0.25) is 0 Å². The number of nitrogens with zero attached hydrogens (tertiary/aromatic N) is 5. The van der Waals surface area contributed by atoms with Gasteiger partial charge in [0.05, 0.1) is 27.6 Å². The molecule has 0 unspecified atom stereocenters. The number of aromatic nitrogens is 5. The van der Waals surface area contributed by atoms with Gasteiger partial charge in [-0.3, -0.25) is 4.57 Å². The second-order valence-corrected chi connectivity index (χ2v) is 16.8. The minimum atomic E-state index is 0.572. The fourth-order valence-corrected chi connectivity index (χ4v) is 10.4. The van der Waals surface area contributed by atoms with Gasteiger partial charge in [-0.1, -0.05) is 158 Å². The second-order valence-electron chi connectivity index (χ2n) is 16.8. The quantitative estimate of drug-likeness (QED) is 0.163. The normalized spacial score (nSPS) is 12.1. The van der Waals surface area contributed by atoms with Gasteiger partial charge >= 0.3 is 0 Å². The SMILES string of the molecule is c1ccc(-c2nc(-c3ccccc3)nc(-n3c4ccc(-c5cc6c7ccccc7n7c8ccccc8c(c5)c67)cc4c4cc5c(cc(-c6ccccc6)c6ccccc65)cc43)n2)cc1. The molecule has 64 heavy (non-hydrogen) atoms. The molecule has 0 spiro atoms. The highest BCUT2D eigenvalue weighted by molar-refractivity contribution is 6.25. The van der Waals surface area contributed by atoms with Gasteiger partial charge in [-0.15, -0.1) is 0 Å². The average molecular weight is 814 g/mol. The summed E-state index contributed by atoms with van der Waals surface area (Å²) in [5, 5.41) is 12.1. The molecule has 0 radical (unpaired) electrons. The standard InChI is InChI=1S/C59H35N5/c1-4-16-36(17-5-1)46-33-41-34-55-49(35-47(41)43-23-11-10-22-42(43)46)48-30-39(40-31-50-44-24-12-14-26-52(44)63-53-27-15-13-25-45(53)51(32-40)56(50)63)28-29-54(48)64(55)59-61-57(37-18-6-2-7-19-37)60-58(62-59)38-20-8-3-9-21-38/h1-35H. The molecule has 14 aromatic rings. The summed E-state index contributed by atoms with van der Waals surface area (Å²) < 4.78 is 4.69. The second kappa shape index (κ2) is 13.4. The van der Waals surface area contributed by atoms with Crippen LogP contribution in [0.4, 0.5) is 0 Å². The molecule has 10 aromatic carbocycles. The minimum Gasteiger partial charge on any atom is -0.308 e. The minimum absolute atomic E-state index is 0.572. The molecule has 296 valence electrons. The van der Waals surface area contributed by atoms with Crippen molar-refractivity contribution in [2.75, 3.05) is 0 Å². The van der Waals surface area contributed by atoms with E-state index in [0.29, 0.717) is 17.6 Å². The van der Waals surface area contributed by atoms with Crippen molar-refractivity contribution in [1.29, 1.82) is 0 Å². The molecular weight excluding hydrogens is 779 g/mol. The molecular formula is C59H35N5. The van der Waals surface area contributed by atoms with Crippen LogP contribution in [0, 0.1) is 0 Å². The third-order valence-corrected chi connectivity index (χ3v) is 13.3. The molecule has 0 saturated carbocycles. The Balaban J connectivity index is 1.09. The van der Waals surface area contributed by atoms with E-state index in [1.54, 1.807) is 0 Å². The first-order chi connectivity index (χ1) is 31.7. The molecule has 0 saturated heterocycles. The highest BCUT2D eigenvalue weighted by Gasteiger charge is 2.22. The lowest BCUT2D eigenvalue weighted by molar-refractivity contribution is 0.954. The van der Waals surface area contributed by atoms with E-state index in [1.165, 1.54) is 70.9 Å². The van der Waals surface area contributed by atoms with Crippen molar-refractivity contribution in [2.45, 2.75) is 0 Å². The molecule has 0 aliphatic rings. The lowest BCUT2D eigenvalue weighted by atomic mass is 9.92. The largest absolute Gasteiger partial charge is 0.308 e. The molecule has 5 nitrogen and oxygen atoms in total. The zero-order valence-corrected chi connectivity index (χ0v) is 34.4. The summed E-state index contributed by atoms with van der Waals surface area (Å²) >= 11 is 0.